The SMILES string of the molecule is N=C=O.O=P(OO)(OO)OO. The molecule has 0 spiro atoms. The van der Waals surface area contributed by atoms with Crippen molar-refractivity contribution in [3.63, 3.8) is 0 Å². The molecule has 0 aliphatic rings. The molecule has 0 rings (SSSR count). The first-order valence-corrected chi connectivity index (χ1v) is 3.19. The number of phosphoric acid groups is 1. The second kappa shape index (κ2) is 7.48. The highest BCUT2D eigenvalue weighted by Gasteiger charge is 2.27. The molecule has 0 amide bonds. The average Bonchev–Trinajstić information content (AvgIpc) is 2.05. The summed E-state index contributed by atoms with van der Waals surface area (Å²) in [5.41, 5.74) is 0. The number of nitrogens with one attached hydrogen (secondary N) is 1. The van der Waals surface area contributed by atoms with Crippen LogP contribution < -0.4 is 0 Å². The van der Waals surface area contributed by atoms with E-state index >= 15 is 0 Å². The molecule has 0 fully saturated rings. The van der Waals surface area contributed by atoms with E-state index in [9.17, 15) is 4.57 Å². The zero-order chi connectivity index (χ0) is 9.33. The van der Waals surface area contributed by atoms with Crippen LogP contribution in [0.15, 0.2) is 0 Å². The fourth-order valence-corrected chi connectivity index (χ4v) is 0.134. The number of rotatable bonds is 3. The van der Waals surface area contributed by atoms with Crippen molar-refractivity contribution < 1.29 is 39.2 Å². The molecule has 0 saturated carbocycles. The van der Waals surface area contributed by atoms with Gasteiger partial charge in [0.05, 0.1) is 0 Å². The summed E-state index contributed by atoms with van der Waals surface area (Å²) >= 11 is 0. The lowest BCUT2D eigenvalue weighted by Gasteiger charge is -2.01. The third-order valence-electron chi connectivity index (χ3n) is 0.300. The third-order valence-corrected chi connectivity index (χ3v) is 0.900. The Bertz CT molecular complexity index is 140. The van der Waals surface area contributed by atoms with E-state index in [-0.39, 0.29) is 0 Å². The Kier molecular flexibility index (Phi) is 8.83. The molecule has 10 heteroatoms. The van der Waals surface area contributed by atoms with Gasteiger partial charge in [-0.2, -0.15) is 0 Å². The summed E-state index contributed by atoms with van der Waals surface area (Å²) < 4.78 is 18.4. The summed E-state index contributed by atoms with van der Waals surface area (Å²) in [6, 6.07) is 0. The minimum Gasteiger partial charge on any atom is -0.241 e. The lowest BCUT2D eigenvalue weighted by Crippen LogP contribution is -1.90. The first-order valence-electron chi connectivity index (χ1n) is 1.73. The minimum atomic E-state index is -4.50. The molecule has 4 N–H and O–H groups in total. The fourth-order valence-electron chi connectivity index (χ4n) is 0.0447. The molecular formula is CH4NO8P. The van der Waals surface area contributed by atoms with Crippen LogP contribution in [0.1, 0.15) is 0 Å². The van der Waals surface area contributed by atoms with E-state index in [2.05, 4.69) is 14.0 Å². The molecule has 0 atom stereocenters. The summed E-state index contributed by atoms with van der Waals surface area (Å²) in [5, 5.41) is 27.8. The van der Waals surface area contributed by atoms with Crippen LogP contribution >= 0.6 is 7.82 Å². The number of hydrogen-bond acceptors (Lipinski definition) is 9. The number of hydrogen-bond donors (Lipinski definition) is 4. The van der Waals surface area contributed by atoms with Crippen LogP contribution in [0.2, 0.25) is 0 Å². The predicted octanol–water partition coefficient (Wildman–Crippen LogP) is 0.464. The van der Waals surface area contributed by atoms with Crippen molar-refractivity contribution >= 4 is 13.9 Å². The molecule has 0 aromatic carbocycles. The van der Waals surface area contributed by atoms with Gasteiger partial charge in [-0.25, -0.2) is 30.5 Å². The third kappa shape index (κ3) is 7.26. The average molecular weight is 189 g/mol. The zero-order valence-corrected chi connectivity index (χ0v) is 5.72. The normalized spacial score (nSPS) is 9.36. The summed E-state index contributed by atoms with van der Waals surface area (Å²) in [6.45, 7) is 0. The van der Waals surface area contributed by atoms with Crippen molar-refractivity contribution in [3.05, 3.63) is 0 Å². The van der Waals surface area contributed by atoms with Crippen molar-refractivity contribution in [3.8, 4) is 0 Å². The van der Waals surface area contributed by atoms with Gasteiger partial charge in [0.25, 0.3) is 0 Å². The Morgan fingerprint density at radius 3 is 1.36 bits per heavy atom. The molecule has 0 bridgehead atoms. The van der Waals surface area contributed by atoms with E-state index in [1.807, 2.05) is 0 Å². The Morgan fingerprint density at radius 1 is 1.18 bits per heavy atom. The van der Waals surface area contributed by atoms with Crippen LogP contribution in [0, 0.1) is 5.41 Å². The van der Waals surface area contributed by atoms with E-state index in [4.69, 9.17) is 26.0 Å². The van der Waals surface area contributed by atoms with Crippen LogP contribution in [0.25, 0.3) is 0 Å². The molecule has 0 unspecified atom stereocenters. The highest BCUT2D eigenvalue weighted by molar-refractivity contribution is 7.47. The van der Waals surface area contributed by atoms with E-state index < -0.39 is 7.82 Å². The van der Waals surface area contributed by atoms with Gasteiger partial charge in [-0.1, -0.05) is 0 Å². The van der Waals surface area contributed by atoms with E-state index in [1.165, 1.54) is 0 Å². The molecule has 11 heavy (non-hydrogen) atoms. The molecule has 0 aliphatic heterocycles. The second-order valence-corrected chi connectivity index (χ2v) is 2.18. The Morgan fingerprint density at radius 2 is 1.36 bits per heavy atom. The Hall–Kier alpha value is -0.630. The van der Waals surface area contributed by atoms with Gasteiger partial charge in [0.15, 0.2) is 0 Å². The predicted molar refractivity (Wildman–Crippen MR) is 27.2 cm³/mol. The molecule has 0 aliphatic carbocycles. The van der Waals surface area contributed by atoms with Crippen molar-refractivity contribution in [1.82, 2.24) is 0 Å². The lowest BCUT2D eigenvalue weighted by atomic mass is 11.7. The molecule has 0 aromatic rings. The first-order chi connectivity index (χ1) is 5.10. The summed E-state index contributed by atoms with van der Waals surface area (Å²) in [4.78, 5) is 8.35. The van der Waals surface area contributed by atoms with Crippen molar-refractivity contribution in [2.24, 2.45) is 0 Å². The monoisotopic (exact) mass is 189 g/mol. The molecule has 0 heterocycles. The van der Waals surface area contributed by atoms with Crippen molar-refractivity contribution in [2.45, 2.75) is 0 Å². The summed E-state index contributed by atoms with van der Waals surface area (Å²) in [5.74, 6) is 0. The molecule has 0 saturated heterocycles. The summed E-state index contributed by atoms with van der Waals surface area (Å²) in [7, 11) is -4.50. The van der Waals surface area contributed by atoms with Gasteiger partial charge in [0, 0.05) is 0 Å². The van der Waals surface area contributed by atoms with E-state index in [0.717, 1.165) is 6.08 Å². The van der Waals surface area contributed by atoms with Crippen LogP contribution in [0.3, 0.4) is 0 Å². The largest absolute Gasteiger partial charge is 0.556 e. The molecule has 66 valence electrons. The highest BCUT2D eigenvalue weighted by Crippen LogP contribution is 2.45. The summed E-state index contributed by atoms with van der Waals surface area (Å²) in [6.07, 6.45) is 0.750. The maximum absolute atomic E-state index is 9.90. The smallest absolute Gasteiger partial charge is 0.241 e. The van der Waals surface area contributed by atoms with Gasteiger partial charge >= 0.3 is 7.82 Å². The fraction of sp³-hybridized carbons (Fsp3) is 0. The van der Waals surface area contributed by atoms with Crippen LogP contribution in [0.4, 0.5) is 0 Å². The van der Waals surface area contributed by atoms with Crippen LogP contribution in [-0.4, -0.2) is 21.9 Å². The van der Waals surface area contributed by atoms with Gasteiger partial charge in [-0.3, -0.25) is 0 Å². The van der Waals surface area contributed by atoms with Gasteiger partial charge in [-0.15, -0.1) is 14.0 Å². The maximum Gasteiger partial charge on any atom is 0.556 e. The van der Waals surface area contributed by atoms with Gasteiger partial charge in [0.2, 0.25) is 6.08 Å². The standard InChI is InChI=1S/CHNO.H3O7P/c2-1-3;1-5-8(4,6-2)7-3/h2H;1-3H. The molecular weight excluding hydrogens is 185 g/mol. The lowest BCUT2D eigenvalue weighted by molar-refractivity contribution is -0.274. The Balaban J connectivity index is 0. The number of isocyanates is 1. The van der Waals surface area contributed by atoms with E-state index in [0.29, 0.717) is 0 Å². The van der Waals surface area contributed by atoms with E-state index in [1.54, 1.807) is 0 Å². The molecule has 0 radical (unpaired) electrons. The van der Waals surface area contributed by atoms with Crippen LogP contribution in [-0.2, 0) is 23.4 Å². The number of carbonyl (C=O) groups excluding carboxylic acids is 1. The zero-order valence-electron chi connectivity index (χ0n) is 4.83. The topological polar surface area (TPSA) is 146 Å². The highest BCUT2D eigenvalue weighted by atomic mass is 31.2. The second-order valence-electron chi connectivity index (χ2n) is 0.794. The van der Waals surface area contributed by atoms with Gasteiger partial charge in [-0.05, 0) is 0 Å². The Labute approximate surface area is 59.7 Å². The quantitative estimate of drug-likeness (QED) is 0.164. The minimum absolute atomic E-state index is 0.750. The molecule has 9 nitrogen and oxygen atoms in total. The van der Waals surface area contributed by atoms with Crippen molar-refractivity contribution in [2.75, 3.05) is 0 Å². The van der Waals surface area contributed by atoms with Gasteiger partial charge in [0.1, 0.15) is 0 Å². The van der Waals surface area contributed by atoms with Crippen molar-refractivity contribution in [1.29, 1.82) is 5.41 Å². The maximum atomic E-state index is 9.90. The van der Waals surface area contributed by atoms with Crippen LogP contribution in [0.5, 0.6) is 0 Å². The molecule has 0 aromatic heterocycles. The first kappa shape index (κ1) is 13.0. The van der Waals surface area contributed by atoms with Gasteiger partial charge < -0.3 is 0 Å².